The molecular weight excluding hydrogens is 222 g/mol. The van der Waals surface area contributed by atoms with Gasteiger partial charge in [-0.1, -0.05) is 23.7 Å². The van der Waals surface area contributed by atoms with Crippen LogP contribution in [-0.4, -0.2) is 9.78 Å². The van der Waals surface area contributed by atoms with Crippen LogP contribution in [0.15, 0.2) is 24.3 Å². The highest BCUT2D eigenvalue weighted by molar-refractivity contribution is 6.32. The molecule has 3 nitrogen and oxygen atoms in total. The number of nitrogens with zero attached hydrogens (tertiary/aromatic N) is 2. The standard InChI is InChI=1S/C12H12ClN3/c13-9-5-1-2-7-11(9)16-12(14)8-4-3-6-10(8)15-16/h1-2,5,7H,3-4,6,14H2. The molecule has 1 aliphatic rings. The summed E-state index contributed by atoms with van der Waals surface area (Å²) in [6, 6.07) is 7.62. The van der Waals surface area contributed by atoms with Crippen LogP contribution in [-0.2, 0) is 12.8 Å². The topological polar surface area (TPSA) is 43.8 Å². The fourth-order valence-corrected chi connectivity index (χ4v) is 2.44. The minimum atomic E-state index is 0.676. The molecule has 0 saturated heterocycles. The molecule has 0 fully saturated rings. The molecule has 0 spiro atoms. The predicted molar refractivity (Wildman–Crippen MR) is 65.0 cm³/mol. The summed E-state index contributed by atoms with van der Waals surface area (Å²) >= 11 is 6.14. The van der Waals surface area contributed by atoms with Crippen molar-refractivity contribution in [3.8, 4) is 5.69 Å². The third-order valence-electron chi connectivity index (χ3n) is 3.03. The van der Waals surface area contributed by atoms with Crippen molar-refractivity contribution in [2.75, 3.05) is 5.73 Å². The molecule has 1 heterocycles. The van der Waals surface area contributed by atoms with Gasteiger partial charge in [-0.2, -0.15) is 5.10 Å². The molecular formula is C12H12ClN3. The van der Waals surface area contributed by atoms with Gasteiger partial charge in [0.25, 0.3) is 0 Å². The average Bonchev–Trinajstić information content (AvgIpc) is 2.83. The number of aromatic nitrogens is 2. The summed E-state index contributed by atoms with van der Waals surface area (Å²) in [6.07, 6.45) is 3.22. The van der Waals surface area contributed by atoms with E-state index in [1.165, 1.54) is 5.56 Å². The van der Waals surface area contributed by atoms with E-state index >= 15 is 0 Å². The number of hydrogen-bond acceptors (Lipinski definition) is 2. The molecule has 0 amide bonds. The number of fused-ring (bicyclic) bond motifs is 1. The summed E-state index contributed by atoms with van der Waals surface area (Å²) < 4.78 is 1.76. The van der Waals surface area contributed by atoms with Gasteiger partial charge < -0.3 is 5.73 Å². The number of benzene rings is 1. The molecule has 0 bridgehead atoms. The van der Waals surface area contributed by atoms with Crippen LogP contribution in [0.2, 0.25) is 5.02 Å². The van der Waals surface area contributed by atoms with Crippen molar-refractivity contribution in [1.82, 2.24) is 9.78 Å². The number of hydrogen-bond donors (Lipinski definition) is 1. The van der Waals surface area contributed by atoms with Gasteiger partial charge in [-0.3, -0.25) is 0 Å². The second-order valence-electron chi connectivity index (χ2n) is 4.03. The zero-order valence-corrected chi connectivity index (χ0v) is 9.54. The van der Waals surface area contributed by atoms with Crippen LogP contribution in [0.25, 0.3) is 5.69 Å². The van der Waals surface area contributed by atoms with Gasteiger partial charge in [0, 0.05) is 5.56 Å². The largest absolute Gasteiger partial charge is 0.383 e. The van der Waals surface area contributed by atoms with Crippen molar-refractivity contribution in [3.05, 3.63) is 40.5 Å². The zero-order chi connectivity index (χ0) is 11.1. The van der Waals surface area contributed by atoms with E-state index < -0.39 is 0 Å². The number of nitrogens with two attached hydrogens (primary N) is 1. The monoisotopic (exact) mass is 233 g/mol. The van der Waals surface area contributed by atoms with Gasteiger partial charge >= 0.3 is 0 Å². The Morgan fingerprint density at radius 2 is 2.06 bits per heavy atom. The number of halogens is 1. The summed E-state index contributed by atoms with van der Waals surface area (Å²) in [5, 5.41) is 5.20. The van der Waals surface area contributed by atoms with E-state index in [9.17, 15) is 0 Å². The first-order chi connectivity index (χ1) is 7.77. The molecule has 82 valence electrons. The maximum atomic E-state index is 6.14. The van der Waals surface area contributed by atoms with E-state index in [-0.39, 0.29) is 0 Å². The normalized spacial score (nSPS) is 14.1. The van der Waals surface area contributed by atoms with Gasteiger partial charge in [0.05, 0.1) is 16.4 Å². The molecule has 1 aliphatic carbocycles. The van der Waals surface area contributed by atoms with Gasteiger partial charge in [-0.25, -0.2) is 4.68 Å². The minimum Gasteiger partial charge on any atom is -0.383 e. The summed E-state index contributed by atoms with van der Waals surface area (Å²) in [7, 11) is 0. The van der Waals surface area contributed by atoms with Gasteiger partial charge in [-0.15, -0.1) is 0 Å². The van der Waals surface area contributed by atoms with Gasteiger partial charge in [0.15, 0.2) is 0 Å². The maximum Gasteiger partial charge on any atom is 0.130 e. The molecule has 1 aromatic heterocycles. The van der Waals surface area contributed by atoms with Crippen molar-refractivity contribution in [1.29, 1.82) is 0 Å². The van der Waals surface area contributed by atoms with E-state index in [1.807, 2.05) is 24.3 Å². The molecule has 2 aromatic rings. The first-order valence-corrected chi connectivity index (χ1v) is 5.76. The quantitative estimate of drug-likeness (QED) is 0.823. The van der Waals surface area contributed by atoms with Crippen LogP contribution in [0.5, 0.6) is 0 Å². The fourth-order valence-electron chi connectivity index (χ4n) is 2.22. The van der Waals surface area contributed by atoms with Crippen molar-refractivity contribution in [3.63, 3.8) is 0 Å². The second-order valence-corrected chi connectivity index (χ2v) is 4.43. The lowest BCUT2D eigenvalue weighted by molar-refractivity contribution is 0.808. The number of aryl methyl sites for hydroxylation is 1. The smallest absolute Gasteiger partial charge is 0.130 e. The third kappa shape index (κ3) is 1.32. The molecule has 3 rings (SSSR count). The molecule has 0 unspecified atom stereocenters. The molecule has 0 saturated carbocycles. The Morgan fingerprint density at radius 1 is 1.25 bits per heavy atom. The minimum absolute atomic E-state index is 0.676. The predicted octanol–water partition coefficient (Wildman–Crippen LogP) is 2.60. The first kappa shape index (κ1) is 9.73. The first-order valence-electron chi connectivity index (χ1n) is 5.38. The van der Waals surface area contributed by atoms with Crippen LogP contribution < -0.4 is 5.73 Å². The molecule has 1 aromatic carbocycles. The van der Waals surface area contributed by atoms with E-state index in [4.69, 9.17) is 17.3 Å². The number of rotatable bonds is 1. The lowest BCUT2D eigenvalue weighted by atomic mass is 10.2. The molecule has 16 heavy (non-hydrogen) atoms. The maximum absolute atomic E-state index is 6.14. The summed E-state index contributed by atoms with van der Waals surface area (Å²) in [4.78, 5) is 0. The highest BCUT2D eigenvalue weighted by atomic mass is 35.5. The Hall–Kier alpha value is -1.48. The SMILES string of the molecule is Nc1c2c(nn1-c1ccccc1Cl)CCC2. The van der Waals surface area contributed by atoms with E-state index in [0.717, 1.165) is 36.5 Å². The Bertz CT molecular complexity index is 545. The fraction of sp³-hybridized carbons (Fsp3) is 0.250. The Labute approximate surface area is 98.8 Å². The van der Waals surface area contributed by atoms with Crippen molar-refractivity contribution >= 4 is 17.4 Å². The molecule has 0 radical (unpaired) electrons. The summed E-state index contributed by atoms with van der Waals surface area (Å²) in [5.41, 5.74) is 9.27. The van der Waals surface area contributed by atoms with Crippen LogP contribution in [0.4, 0.5) is 5.82 Å². The van der Waals surface area contributed by atoms with Crippen molar-refractivity contribution in [2.45, 2.75) is 19.3 Å². The molecule has 0 aliphatic heterocycles. The summed E-state index contributed by atoms with van der Waals surface area (Å²) in [5.74, 6) is 0.737. The van der Waals surface area contributed by atoms with Crippen molar-refractivity contribution in [2.24, 2.45) is 0 Å². The lowest BCUT2D eigenvalue weighted by Crippen LogP contribution is -2.04. The van der Waals surface area contributed by atoms with E-state index in [1.54, 1.807) is 4.68 Å². The third-order valence-corrected chi connectivity index (χ3v) is 3.35. The van der Waals surface area contributed by atoms with Gasteiger partial charge in [-0.05, 0) is 31.4 Å². The van der Waals surface area contributed by atoms with Crippen molar-refractivity contribution < 1.29 is 0 Å². The van der Waals surface area contributed by atoms with E-state index in [2.05, 4.69) is 5.10 Å². The highest BCUT2D eigenvalue weighted by Gasteiger charge is 2.21. The molecule has 4 heteroatoms. The van der Waals surface area contributed by atoms with Gasteiger partial charge in [0.1, 0.15) is 5.82 Å². The number of anilines is 1. The Kier molecular flexibility index (Phi) is 2.14. The zero-order valence-electron chi connectivity index (χ0n) is 8.78. The highest BCUT2D eigenvalue weighted by Crippen LogP contribution is 2.30. The van der Waals surface area contributed by atoms with Crippen LogP contribution in [0.3, 0.4) is 0 Å². The number of para-hydroxylation sites is 1. The van der Waals surface area contributed by atoms with Crippen LogP contribution >= 0.6 is 11.6 Å². The average molecular weight is 234 g/mol. The number of nitrogen functional groups attached to an aromatic ring is 1. The molecule has 2 N–H and O–H groups in total. The van der Waals surface area contributed by atoms with Crippen LogP contribution in [0.1, 0.15) is 17.7 Å². The summed E-state index contributed by atoms with van der Waals surface area (Å²) in [6.45, 7) is 0. The molecule has 0 atom stereocenters. The second kappa shape index (κ2) is 3.52. The Morgan fingerprint density at radius 3 is 2.81 bits per heavy atom. The van der Waals surface area contributed by atoms with E-state index in [0.29, 0.717) is 5.02 Å². The van der Waals surface area contributed by atoms with Crippen LogP contribution in [0, 0.1) is 0 Å². The lowest BCUT2D eigenvalue weighted by Gasteiger charge is -2.06. The Balaban J connectivity index is 2.18. The van der Waals surface area contributed by atoms with Gasteiger partial charge in [0.2, 0.25) is 0 Å².